The van der Waals surface area contributed by atoms with Gasteiger partial charge in [-0.15, -0.1) is 0 Å². The van der Waals surface area contributed by atoms with E-state index in [9.17, 15) is 0 Å². The zero-order valence-corrected chi connectivity index (χ0v) is 10.2. The van der Waals surface area contributed by atoms with E-state index in [1.807, 2.05) is 31.0 Å². The standard InChI is InChI=1S/C11H12Cl2N2/c1-8(6-7-14)15(2)10-5-3-4-9(12)11(10)13/h3-5,8H,6H2,1-2H3. The van der Waals surface area contributed by atoms with Gasteiger partial charge < -0.3 is 4.90 Å². The fraction of sp³-hybridized carbons (Fsp3) is 0.364. The SMILES string of the molecule is CC(CC#N)N(C)c1cccc(Cl)c1Cl. The molecule has 1 aromatic carbocycles. The summed E-state index contributed by atoms with van der Waals surface area (Å²) in [6.07, 6.45) is 0.458. The molecule has 0 fully saturated rings. The second kappa shape index (κ2) is 5.25. The summed E-state index contributed by atoms with van der Waals surface area (Å²) in [5.41, 5.74) is 0.854. The molecule has 0 bridgehead atoms. The van der Waals surface area contributed by atoms with Crippen LogP contribution in [0.25, 0.3) is 0 Å². The van der Waals surface area contributed by atoms with E-state index in [0.29, 0.717) is 16.5 Å². The molecule has 0 spiro atoms. The number of benzene rings is 1. The number of anilines is 1. The van der Waals surface area contributed by atoms with Gasteiger partial charge in [0, 0.05) is 13.1 Å². The Balaban J connectivity index is 2.96. The molecule has 0 aromatic heterocycles. The molecule has 0 aliphatic heterocycles. The monoisotopic (exact) mass is 242 g/mol. The maximum absolute atomic E-state index is 8.62. The Morgan fingerprint density at radius 2 is 2.13 bits per heavy atom. The first kappa shape index (κ1) is 12.2. The molecule has 1 unspecified atom stereocenters. The molecule has 2 nitrogen and oxygen atoms in total. The van der Waals surface area contributed by atoms with Gasteiger partial charge in [0.2, 0.25) is 0 Å². The normalized spacial score (nSPS) is 11.9. The maximum atomic E-state index is 8.62. The summed E-state index contributed by atoms with van der Waals surface area (Å²) < 4.78 is 0. The minimum absolute atomic E-state index is 0.117. The number of nitrogens with zero attached hydrogens (tertiary/aromatic N) is 2. The zero-order valence-electron chi connectivity index (χ0n) is 8.67. The molecule has 0 saturated heterocycles. The van der Waals surface area contributed by atoms with E-state index in [1.165, 1.54) is 0 Å². The van der Waals surface area contributed by atoms with Gasteiger partial charge in [0.15, 0.2) is 0 Å². The quantitative estimate of drug-likeness (QED) is 0.808. The van der Waals surface area contributed by atoms with E-state index in [-0.39, 0.29) is 6.04 Å². The van der Waals surface area contributed by atoms with Crippen LogP contribution in [-0.4, -0.2) is 13.1 Å². The highest BCUT2D eigenvalue weighted by Crippen LogP contribution is 2.32. The molecule has 0 aliphatic carbocycles. The third-order valence-electron chi connectivity index (χ3n) is 2.36. The summed E-state index contributed by atoms with van der Waals surface area (Å²) in [4.78, 5) is 1.96. The average molecular weight is 243 g/mol. The lowest BCUT2D eigenvalue weighted by Crippen LogP contribution is -2.28. The van der Waals surface area contributed by atoms with Crippen LogP contribution in [0, 0.1) is 11.3 Å². The van der Waals surface area contributed by atoms with Crippen molar-refractivity contribution in [2.45, 2.75) is 19.4 Å². The lowest BCUT2D eigenvalue weighted by molar-refractivity contribution is 0.703. The van der Waals surface area contributed by atoms with Gasteiger partial charge in [-0.3, -0.25) is 0 Å². The Hall–Kier alpha value is -0.910. The molecule has 15 heavy (non-hydrogen) atoms. The molecule has 0 heterocycles. The Morgan fingerprint density at radius 1 is 1.47 bits per heavy atom. The minimum atomic E-state index is 0.117. The molecular formula is C11H12Cl2N2. The van der Waals surface area contributed by atoms with Crippen molar-refractivity contribution in [2.75, 3.05) is 11.9 Å². The highest BCUT2D eigenvalue weighted by molar-refractivity contribution is 6.43. The van der Waals surface area contributed by atoms with Crippen LogP contribution in [-0.2, 0) is 0 Å². The predicted octanol–water partition coefficient (Wildman–Crippen LogP) is 3.73. The highest BCUT2D eigenvalue weighted by Gasteiger charge is 2.13. The number of hydrogen-bond donors (Lipinski definition) is 0. The van der Waals surface area contributed by atoms with Crippen LogP contribution in [0.2, 0.25) is 10.0 Å². The van der Waals surface area contributed by atoms with E-state index in [2.05, 4.69) is 6.07 Å². The molecule has 1 aromatic rings. The molecule has 0 aliphatic rings. The van der Waals surface area contributed by atoms with E-state index in [0.717, 1.165) is 5.69 Å². The van der Waals surface area contributed by atoms with Gasteiger partial charge in [0.05, 0.1) is 28.2 Å². The Morgan fingerprint density at radius 3 is 2.73 bits per heavy atom. The third-order valence-corrected chi connectivity index (χ3v) is 3.17. The Labute approximate surface area is 100 Å². The topological polar surface area (TPSA) is 27.0 Å². The molecule has 4 heteroatoms. The summed E-state index contributed by atoms with van der Waals surface area (Å²) in [6.45, 7) is 1.97. The van der Waals surface area contributed by atoms with E-state index < -0.39 is 0 Å². The fourth-order valence-corrected chi connectivity index (χ4v) is 1.70. The van der Waals surface area contributed by atoms with Gasteiger partial charge in [0.25, 0.3) is 0 Å². The summed E-state index contributed by atoms with van der Waals surface area (Å²) in [5.74, 6) is 0. The number of nitriles is 1. The summed E-state index contributed by atoms with van der Waals surface area (Å²) >= 11 is 12.0. The molecule has 0 saturated carbocycles. The van der Waals surface area contributed by atoms with Crippen molar-refractivity contribution in [3.63, 3.8) is 0 Å². The zero-order chi connectivity index (χ0) is 11.4. The van der Waals surface area contributed by atoms with Crippen LogP contribution in [0.15, 0.2) is 18.2 Å². The van der Waals surface area contributed by atoms with Crippen LogP contribution in [0.5, 0.6) is 0 Å². The smallest absolute Gasteiger partial charge is 0.0825 e. The van der Waals surface area contributed by atoms with Gasteiger partial charge in [0.1, 0.15) is 0 Å². The third kappa shape index (κ3) is 2.77. The van der Waals surface area contributed by atoms with Gasteiger partial charge in [-0.2, -0.15) is 5.26 Å². The second-order valence-corrected chi connectivity index (χ2v) is 4.18. The van der Waals surface area contributed by atoms with Crippen molar-refractivity contribution < 1.29 is 0 Å². The van der Waals surface area contributed by atoms with Crippen molar-refractivity contribution in [3.05, 3.63) is 28.2 Å². The van der Waals surface area contributed by atoms with E-state index in [1.54, 1.807) is 6.07 Å². The number of hydrogen-bond acceptors (Lipinski definition) is 2. The first-order valence-electron chi connectivity index (χ1n) is 4.61. The molecule has 1 atom stereocenters. The van der Waals surface area contributed by atoms with Crippen molar-refractivity contribution in [1.82, 2.24) is 0 Å². The summed E-state index contributed by atoms with van der Waals surface area (Å²) in [6, 6.07) is 7.73. The molecule has 0 radical (unpaired) electrons. The summed E-state index contributed by atoms with van der Waals surface area (Å²) in [7, 11) is 1.90. The lowest BCUT2D eigenvalue weighted by atomic mass is 10.2. The van der Waals surface area contributed by atoms with Crippen LogP contribution in [0.3, 0.4) is 0 Å². The minimum Gasteiger partial charge on any atom is -0.370 e. The first-order valence-corrected chi connectivity index (χ1v) is 5.37. The molecular weight excluding hydrogens is 231 g/mol. The molecule has 0 N–H and O–H groups in total. The molecule has 80 valence electrons. The average Bonchev–Trinajstić information content (AvgIpc) is 2.21. The van der Waals surface area contributed by atoms with Crippen LogP contribution >= 0.6 is 23.2 Å². The first-order chi connectivity index (χ1) is 7.07. The summed E-state index contributed by atoms with van der Waals surface area (Å²) in [5, 5.41) is 9.69. The van der Waals surface area contributed by atoms with Crippen molar-refractivity contribution in [1.29, 1.82) is 5.26 Å². The van der Waals surface area contributed by atoms with Crippen molar-refractivity contribution in [2.24, 2.45) is 0 Å². The number of halogens is 2. The Bertz CT molecular complexity index is 385. The van der Waals surface area contributed by atoms with E-state index >= 15 is 0 Å². The lowest BCUT2D eigenvalue weighted by Gasteiger charge is -2.26. The molecule has 1 rings (SSSR count). The maximum Gasteiger partial charge on any atom is 0.0825 e. The van der Waals surface area contributed by atoms with Crippen molar-refractivity contribution in [3.8, 4) is 6.07 Å². The van der Waals surface area contributed by atoms with Gasteiger partial charge in [-0.05, 0) is 19.1 Å². The van der Waals surface area contributed by atoms with Crippen LogP contribution < -0.4 is 4.90 Å². The number of rotatable bonds is 3. The van der Waals surface area contributed by atoms with Crippen molar-refractivity contribution >= 4 is 28.9 Å². The predicted molar refractivity (Wildman–Crippen MR) is 64.6 cm³/mol. The van der Waals surface area contributed by atoms with Gasteiger partial charge >= 0.3 is 0 Å². The van der Waals surface area contributed by atoms with Gasteiger partial charge in [-0.1, -0.05) is 29.3 Å². The fourth-order valence-electron chi connectivity index (χ4n) is 1.27. The second-order valence-electron chi connectivity index (χ2n) is 3.40. The molecule has 0 amide bonds. The largest absolute Gasteiger partial charge is 0.370 e. The van der Waals surface area contributed by atoms with Crippen LogP contribution in [0.4, 0.5) is 5.69 Å². The van der Waals surface area contributed by atoms with Crippen LogP contribution in [0.1, 0.15) is 13.3 Å². The Kier molecular flexibility index (Phi) is 4.26. The van der Waals surface area contributed by atoms with E-state index in [4.69, 9.17) is 28.5 Å². The highest BCUT2D eigenvalue weighted by atomic mass is 35.5. The van der Waals surface area contributed by atoms with Gasteiger partial charge in [-0.25, -0.2) is 0 Å².